The molecular formula is C15H17N7O6. The van der Waals surface area contributed by atoms with Crippen molar-refractivity contribution in [3.63, 3.8) is 0 Å². The molecule has 2 aromatic heterocycles. The van der Waals surface area contributed by atoms with Gasteiger partial charge in [-0.3, -0.25) is 15.0 Å². The minimum Gasteiger partial charge on any atom is -0.463 e. The SMILES string of the molecule is CCOC(=O)c1nn(C(=N)N)c2c(=O)n(C3[CH][CH]C(COC(C)=O)O3)nnc12. The summed E-state index contributed by atoms with van der Waals surface area (Å²) < 4.78 is 17.0. The van der Waals surface area contributed by atoms with Crippen LogP contribution in [0.3, 0.4) is 0 Å². The van der Waals surface area contributed by atoms with E-state index in [0.717, 1.165) is 9.36 Å². The first kappa shape index (κ1) is 19.4. The molecule has 3 heterocycles. The molecule has 0 saturated carbocycles. The topological polar surface area (TPSA) is 177 Å². The maximum absolute atomic E-state index is 12.9. The van der Waals surface area contributed by atoms with Crippen molar-refractivity contribution in [2.75, 3.05) is 13.2 Å². The Balaban J connectivity index is 1.98. The summed E-state index contributed by atoms with van der Waals surface area (Å²) in [4.78, 5) is 35.9. The summed E-state index contributed by atoms with van der Waals surface area (Å²) in [5.41, 5.74) is 4.10. The summed E-state index contributed by atoms with van der Waals surface area (Å²) in [7, 11) is 0. The Morgan fingerprint density at radius 1 is 1.36 bits per heavy atom. The molecule has 3 N–H and O–H groups in total. The number of fused-ring (bicyclic) bond motifs is 1. The number of aromatic nitrogens is 5. The van der Waals surface area contributed by atoms with Gasteiger partial charge in [0, 0.05) is 19.8 Å². The van der Waals surface area contributed by atoms with Crippen LogP contribution >= 0.6 is 0 Å². The van der Waals surface area contributed by atoms with Crippen molar-refractivity contribution in [3.8, 4) is 0 Å². The van der Waals surface area contributed by atoms with Crippen LogP contribution in [0.5, 0.6) is 0 Å². The highest BCUT2D eigenvalue weighted by Gasteiger charge is 2.32. The van der Waals surface area contributed by atoms with E-state index < -0.39 is 35.8 Å². The van der Waals surface area contributed by atoms with Crippen LogP contribution in [0.15, 0.2) is 4.79 Å². The number of carbonyl (C=O) groups is 2. The van der Waals surface area contributed by atoms with Crippen molar-refractivity contribution >= 4 is 28.9 Å². The minimum absolute atomic E-state index is 0.0227. The molecule has 0 spiro atoms. The van der Waals surface area contributed by atoms with Crippen LogP contribution in [0, 0.1) is 18.3 Å². The third kappa shape index (κ3) is 3.55. The standard InChI is InChI=1S/C15H17N7O6/c1-3-26-14(25)11-10-12(22(19-11)15(16)17)13(24)21(20-18-10)9-5-4-8(28-9)6-27-7(2)23/h4-5,8-9H,3,6H2,1-2H3,(H3,16,17). The van der Waals surface area contributed by atoms with Gasteiger partial charge in [0.2, 0.25) is 5.96 Å². The van der Waals surface area contributed by atoms with E-state index in [4.69, 9.17) is 25.4 Å². The van der Waals surface area contributed by atoms with Crippen LogP contribution in [0.1, 0.15) is 30.6 Å². The molecule has 13 heteroatoms. The normalized spacial score (nSPS) is 18.9. The Labute approximate surface area is 157 Å². The van der Waals surface area contributed by atoms with Gasteiger partial charge in [0.15, 0.2) is 23.0 Å². The maximum atomic E-state index is 12.9. The van der Waals surface area contributed by atoms with Crippen molar-refractivity contribution in [2.24, 2.45) is 5.73 Å². The van der Waals surface area contributed by atoms with Crippen LogP contribution in [-0.2, 0) is 19.0 Å². The Kier molecular flexibility index (Phi) is 5.35. The smallest absolute Gasteiger partial charge is 0.361 e. The van der Waals surface area contributed by atoms with Crippen molar-refractivity contribution in [1.82, 2.24) is 24.8 Å². The van der Waals surface area contributed by atoms with Gasteiger partial charge in [-0.15, -0.1) is 5.10 Å². The van der Waals surface area contributed by atoms with E-state index in [1.807, 2.05) is 0 Å². The summed E-state index contributed by atoms with van der Waals surface area (Å²) in [6.07, 6.45) is 1.66. The first-order valence-corrected chi connectivity index (χ1v) is 8.20. The Morgan fingerprint density at radius 2 is 2.11 bits per heavy atom. The molecule has 2 radical (unpaired) electrons. The van der Waals surface area contributed by atoms with Crippen LogP contribution in [0.2, 0.25) is 0 Å². The highest BCUT2D eigenvalue weighted by Crippen LogP contribution is 2.25. The molecule has 0 amide bonds. The lowest BCUT2D eigenvalue weighted by Gasteiger charge is -2.14. The molecule has 2 aromatic rings. The number of esters is 2. The van der Waals surface area contributed by atoms with E-state index in [1.165, 1.54) is 13.3 Å². The van der Waals surface area contributed by atoms with Gasteiger partial charge in [-0.05, 0) is 6.92 Å². The molecule has 3 rings (SSSR count). The van der Waals surface area contributed by atoms with E-state index in [9.17, 15) is 14.4 Å². The molecule has 13 nitrogen and oxygen atoms in total. The lowest BCUT2D eigenvalue weighted by Crippen LogP contribution is -2.32. The van der Waals surface area contributed by atoms with E-state index in [0.29, 0.717) is 0 Å². The predicted molar refractivity (Wildman–Crippen MR) is 92.0 cm³/mol. The van der Waals surface area contributed by atoms with Crippen LogP contribution in [-0.4, -0.2) is 62.0 Å². The monoisotopic (exact) mass is 391 g/mol. The average Bonchev–Trinajstić information content (AvgIpc) is 3.25. The van der Waals surface area contributed by atoms with Crippen LogP contribution in [0.25, 0.3) is 11.0 Å². The average molecular weight is 391 g/mol. The van der Waals surface area contributed by atoms with Gasteiger partial charge in [-0.25, -0.2) is 4.79 Å². The number of rotatable bonds is 5. The van der Waals surface area contributed by atoms with Crippen molar-refractivity contribution < 1.29 is 23.8 Å². The molecule has 0 aromatic carbocycles. The number of nitrogens with one attached hydrogen (secondary N) is 1. The lowest BCUT2D eigenvalue weighted by atomic mass is 10.2. The molecule has 148 valence electrons. The molecule has 0 bridgehead atoms. The van der Waals surface area contributed by atoms with Crippen LogP contribution in [0.4, 0.5) is 0 Å². The zero-order valence-electron chi connectivity index (χ0n) is 15.0. The highest BCUT2D eigenvalue weighted by atomic mass is 16.6. The first-order chi connectivity index (χ1) is 13.3. The summed E-state index contributed by atoms with van der Waals surface area (Å²) in [6, 6.07) is 0. The molecule has 1 saturated heterocycles. The van der Waals surface area contributed by atoms with Gasteiger partial charge in [-0.2, -0.15) is 14.5 Å². The van der Waals surface area contributed by atoms with Crippen molar-refractivity contribution in [1.29, 1.82) is 5.41 Å². The number of carbonyl (C=O) groups excluding carboxylic acids is 2. The zero-order chi connectivity index (χ0) is 20.4. The molecule has 2 unspecified atom stereocenters. The lowest BCUT2D eigenvalue weighted by molar-refractivity contribution is -0.145. The van der Waals surface area contributed by atoms with Gasteiger partial charge >= 0.3 is 11.9 Å². The third-order valence-electron chi connectivity index (χ3n) is 3.71. The molecular weight excluding hydrogens is 374 g/mol. The summed E-state index contributed by atoms with van der Waals surface area (Å²) in [6.45, 7) is 2.94. The second kappa shape index (κ2) is 7.72. The number of hydrogen-bond acceptors (Lipinski definition) is 10. The fourth-order valence-electron chi connectivity index (χ4n) is 2.54. The molecule has 1 fully saturated rings. The van der Waals surface area contributed by atoms with Gasteiger partial charge < -0.3 is 19.9 Å². The number of nitrogen functional groups attached to an aromatic ring is 1. The number of nitrogens with zero attached hydrogens (tertiary/aromatic N) is 5. The maximum Gasteiger partial charge on any atom is 0.361 e. The third-order valence-corrected chi connectivity index (χ3v) is 3.71. The second-order valence-electron chi connectivity index (χ2n) is 5.66. The predicted octanol–water partition coefficient (Wildman–Crippen LogP) is -1.22. The molecule has 1 aliphatic rings. The molecule has 2 atom stereocenters. The van der Waals surface area contributed by atoms with E-state index in [1.54, 1.807) is 13.3 Å². The number of ether oxygens (including phenoxy) is 3. The quantitative estimate of drug-likeness (QED) is 0.356. The van der Waals surface area contributed by atoms with E-state index in [2.05, 4.69) is 15.4 Å². The van der Waals surface area contributed by atoms with Gasteiger partial charge in [0.25, 0.3) is 5.56 Å². The largest absolute Gasteiger partial charge is 0.463 e. The van der Waals surface area contributed by atoms with Crippen LogP contribution < -0.4 is 11.3 Å². The van der Waals surface area contributed by atoms with Gasteiger partial charge in [0.05, 0.1) is 12.7 Å². The fourth-order valence-corrected chi connectivity index (χ4v) is 2.54. The highest BCUT2D eigenvalue weighted by molar-refractivity contribution is 6.02. The van der Waals surface area contributed by atoms with Gasteiger partial charge in [0.1, 0.15) is 6.61 Å². The van der Waals surface area contributed by atoms with E-state index in [-0.39, 0.29) is 29.9 Å². The Morgan fingerprint density at radius 3 is 2.75 bits per heavy atom. The number of hydrogen-bond donors (Lipinski definition) is 2. The minimum atomic E-state index is -0.925. The fraction of sp³-hybridized carbons (Fsp3) is 0.400. The first-order valence-electron chi connectivity index (χ1n) is 8.20. The Bertz CT molecular complexity index is 997. The number of nitrogens with two attached hydrogens (primary N) is 1. The summed E-state index contributed by atoms with van der Waals surface area (Å²) in [5.74, 6) is -1.87. The molecule has 0 aliphatic carbocycles. The zero-order valence-corrected chi connectivity index (χ0v) is 15.0. The second-order valence-corrected chi connectivity index (χ2v) is 5.66. The summed E-state index contributed by atoms with van der Waals surface area (Å²) >= 11 is 0. The molecule has 28 heavy (non-hydrogen) atoms. The Hall–Kier alpha value is -3.35. The molecule has 1 aliphatic heterocycles. The van der Waals surface area contributed by atoms with E-state index >= 15 is 0 Å². The van der Waals surface area contributed by atoms with Crippen molar-refractivity contribution in [2.45, 2.75) is 26.2 Å². The van der Waals surface area contributed by atoms with Gasteiger partial charge in [-0.1, -0.05) is 5.21 Å². The summed E-state index contributed by atoms with van der Waals surface area (Å²) in [5, 5.41) is 19.1. The van der Waals surface area contributed by atoms with Crippen molar-refractivity contribution in [3.05, 3.63) is 28.9 Å².